The van der Waals surface area contributed by atoms with Gasteiger partial charge >= 0.3 is 0 Å². The van der Waals surface area contributed by atoms with Crippen molar-refractivity contribution in [1.29, 1.82) is 0 Å². The molecule has 2 heterocycles. The van der Waals surface area contributed by atoms with Crippen molar-refractivity contribution in [1.82, 2.24) is 20.4 Å². The monoisotopic (exact) mass is 304 g/mol. The van der Waals surface area contributed by atoms with Crippen LogP contribution in [0.25, 0.3) is 6.08 Å². The fraction of sp³-hybridized carbons (Fsp3) is 0.429. The first kappa shape index (κ1) is 13.9. The SMILES string of the molecule is Cc1nc(C2(NC(=O)C=Cc3cscn3)CCCC2)no1. The van der Waals surface area contributed by atoms with E-state index in [9.17, 15) is 4.79 Å². The van der Waals surface area contributed by atoms with Crippen molar-refractivity contribution in [2.75, 3.05) is 0 Å². The maximum atomic E-state index is 12.2. The van der Waals surface area contributed by atoms with Gasteiger partial charge in [0, 0.05) is 18.4 Å². The fourth-order valence-corrected chi connectivity index (χ4v) is 3.14. The Labute approximate surface area is 126 Å². The molecule has 0 radical (unpaired) electrons. The van der Waals surface area contributed by atoms with Crippen LogP contribution in [0.15, 0.2) is 21.5 Å². The standard InChI is InChI=1S/C14H16N4O2S/c1-10-16-13(18-20-10)14(6-2-3-7-14)17-12(19)5-4-11-8-21-9-15-11/h4-5,8-9H,2-3,6-7H2,1H3,(H,17,19). The molecule has 2 aromatic heterocycles. The fourth-order valence-electron chi connectivity index (χ4n) is 2.62. The third-order valence-corrected chi connectivity index (χ3v) is 4.24. The van der Waals surface area contributed by atoms with Crippen molar-refractivity contribution in [2.45, 2.75) is 38.1 Å². The van der Waals surface area contributed by atoms with Crippen LogP contribution in [-0.4, -0.2) is 21.0 Å². The van der Waals surface area contributed by atoms with Gasteiger partial charge in [-0.15, -0.1) is 11.3 Å². The molecular formula is C14H16N4O2S. The first-order valence-corrected chi connectivity index (χ1v) is 7.81. The van der Waals surface area contributed by atoms with Crippen LogP contribution in [-0.2, 0) is 10.3 Å². The molecule has 1 amide bonds. The molecule has 1 saturated carbocycles. The smallest absolute Gasteiger partial charge is 0.244 e. The molecule has 1 N–H and O–H groups in total. The summed E-state index contributed by atoms with van der Waals surface area (Å²) in [5.74, 6) is 0.934. The summed E-state index contributed by atoms with van der Waals surface area (Å²) in [6, 6.07) is 0. The zero-order valence-corrected chi connectivity index (χ0v) is 12.5. The van der Waals surface area contributed by atoms with E-state index in [4.69, 9.17) is 4.52 Å². The highest BCUT2D eigenvalue weighted by atomic mass is 32.1. The van der Waals surface area contributed by atoms with Crippen LogP contribution in [0, 0.1) is 6.92 Å². The van der Waals surface area contributed by atoms with Crippen LogP contribution in [0.3, 0.4) is 0 Å². The Morgan fingerprint density at radius 3 is 2.90 bits per heavy atom. The molecule has 1 fully saturated rings. The Kier molecular flexibility index (Phi) is 3.83. The van der Waals surface area contributed by atoms with Crippen molar-refractivity contribution in [3.05, 3.63) is 34.4 Å². The van der Waals surface area contributed by atoms with Gasteiger partial charge in [-0.1, -0.05) is 18.0 Å². The molecule has 0 aromatic carbocycles. The molecule has 2 aromatic rings. The number of carbonyl (C=O) groups excluding carboxylic acids is 1. The van der Waals surface area contributed by atoms with Crippen LogP contribution < -0.4 is 5.32 Å². The largest absolute Gasteiger partial charge is 0.340 e. The lowest BCUT2D eigenvalue weighted by atomic mass is 9.96. The van der Waals surface area contributed by atoms with Gasteiger partial charge in [0.25, 0.3) is 0 Å². The van der Waals surface area contributed by atoms with E-state index in [1.54, 1.807) is 18.5 Å². The van der Waals surface area contributed by atoms with Crippen molar-refractivity contribution < 1.29 is 9.32 Å². The normalized spacial score (nSPS) is 17.4. The Bertz CT molecular complexity index is 642. The number of nitrogens with one attached hydrogen (secondary N) is 1. The van der Waals surface area contributed by atoms with Crippen molar-refractivity contribution >= 4 is 23.3 Å². The summed E-state index contributed by atoms with van der Waals surface area (Å²) in [5, 5.41) is 8.93. The molecule has 0 atom stereocenters. The maximum absolute atomic E-state index is 12.2. The summed E-state index contributed by atoms with van der Waals surface area (Å²) in [4.78, 5) is 20.6. The van der Waals surface area contributed by atoms with E-state index in [1.165, 1.54) is 17.4 Å². The lowest BCUT2D eigenvalue weighted by Crippen LogP contribution is -2.44. The van der Waals surface area contributed by atoms with Crippen molar-refractivity contribution in [2.24, 2.45) is 0 Å². The van der Waals surface area contributed by atoms with Gasteiger partial charge in [-0.2, -0.15) is 4.98 Å². The van der Waals surface area contributed by atoms with Gasteiger partial charge < -0.3 is 9.84 Å². The Hall–Kier alpha value is -2.02. The lowest BCUT2D eigenvalue weighted by molar-refractivity contribution is -0.118. The summed E-state index contributed by atoms with van der Waals surface area (Å²) >= 11 is 1.50. The topological polar surface area (TPSA) is 80.9 Å². The second kappa shape index (κ2) is 5.77. The molecular weight excluding hydrogens is 288 g/mol. The molecule has 1 aliphatic carbocycles. The third kappa shape index (κ3) is 3.02. The molecule has 0 unspecified atom stereocenters. The highest BCUT2D eigenvalue weighted by Crippen LogP contribution is 2.37. The van der Waals surface area contributed by atoms with E-state index in [0.717, 1.165) is 31.4 Å². The first-order valence-electron chi connectivity index (χ1n) is 6.87. The second-order valence-electron chi connectivity index (χ2n) is 5.16. The van der Waals surface area contributed by atoms with Gasteiger partial charge in [-0.3, -0.25) is 4.79 Å². The average Bonchev–Trinajstić information content (AvgIpc) is 3.17. The number of aromatic nitrogens is 3. The zero-order valence-electron chi connectivity index (χ0n) is 11.7. The number of amides is 1. The summed E-state index contributed by atoms with van der Waals surface area (Å²) in [7, 11) is 0. The summed E-state index contributed by atoms with van der Waals surface area (Å²) in [6.45, 7) is 1.75. The number of hydrogen-bond acceptors (Lipinski definition) is 6. The quantitative estimate of drug-likeness (QED) is 0.877. The van der Waals surface area contributed by atoms with E-state index < -0.39 is 5.54 Å². The van der Waals surface area contributed by atoms with Crippen LogP contribution in [0.2, 0.25) is 0 Å². The Balaban J connectivity index is 1.75. The number of hydrogen-bond donors (Lipinski definition) is 1. The van der Waals surface area contributed by atoms with Gasteiger partial charge in [0.2, 0.25) is 11.8 Å². The molecule has 6 nitrogen and oxygen atoms in total. The van der Waals surface area contributed by atoms with Crippen LogP contribution in [0.1, 0.15) is 43.1 Å². The lowest BCUT2D eigenvalue weighted by Gasteiger charge is -2.25. The molecule has 0 aliphatic heterocycles. The van der Waals surface area contributed by atoms with Gasteiger partial charge in [0.15, 0.2) is 5.82 Å². The van der Waals surface area contributed by atoms with Crippen molar-refractivity contribution in [3.8, 4) is 0 Å². The summed E-state index contributed by atoms with van der Waals surface area (Å²) < 4.78 is 5.06. The van der Waals surface area contributed by atoms with E-state index in [-0.39, 0.29) is 5.91 Å². The highest BCUT2D eigenvalue weighted by Gasteiger charge is 2.40. The highest BCUT2D eigenvalue weighted by molar-refractivity contribution is 7.07. The molecule has 0 saturated heterocycles. The molecule has 110 valence electrons. The van der Waals surface area contributed by atoms with E-state index in [0.29, 0.717) is 11.7 Å². The van der Waals surface area contributed by atoms with Gasteiger partial charge in [0.05, 0.1) is 11.2 Å². The Morgan fingerprint density at radius 2 is 2.29 bits per heavy atom. The number of aryl methyl sites for hydroxylation is 1. The number of carbonyl (C=O) groups is 1. The molecule has 0 bridgehead atoms. The predicted octanol–water partition coefficient (Wildman–Crippen LogP) is 2.43. The van der Waals surface area contributed by atoms with Gasteiger partial charge in [-0.05, 0) is 18.9 Å². The second-order valence-corrected chi connectivity index (χ2v) is 5.88. The Morgan fingerprint density at radius 1 is 1.48 bits per heavy atom. The molecule has 0 spiro atoms. The summed E-state index contributed by atoms with van der Waals surface area (Å²) in [5.41, 5.74) is 2.02. The minimum Gasteiger partial charge on any atom is -0.340 e. The number of nitrogens with zero attached hydrogens (tertiary/aromatic N) is 3. The minimum atomic E-state index is -0.499. The van der Waals surface area contributed by atoms with E-state index in [1.807, 2.05) is 5.38 Å². The summed E-state index contributed by atoms with van der Waals surface area (Å²) in [6.07, 6.45) is 6.97. The zero-order chi connectivity index (χ0) is 14.7. The number of rotatable bonds is 4. The maximum Gasteiger partial charge on any atom is 0.244 e. The third-order valence-electron chi connectivity index (χ3n) is 3.63. The van der Waals surface area contributed by atoms with Crippen LogP contribution in [0.5, 0.6) is 0 Å². The molecule has 21 heavy (non-hydrogen) atoms. The van der Waals surface area contributed by atoms with Gasteiger partial charge in [-0.25, -0.2) is 4.98 Å². The molecule has 1 aliphatic rings. The minimum absolute atomic E-state index is 0.160. The van der Waals surface area contributed by atoms with Crippen LogP contribution in [0.4, 0.5) is 0 Å². The van der Waals surface area contributed by atoms with Gasteiger partial charge in [0.1, 0.15) is 5.54 Å². The molecule has 3 rings (SSSR count). The van der Waals surface area contributed by atoms with E-state index >= 15 is 0 Å². The van der Waals surface area contributed by atoms with Crippen molar-refractivity contribution in [3.63, 3.8) is 0 Å². The first-order chi connectivity index (χ1) is 10.2. The van der Waals surface area contributed by atoms with E-state index in [2.05, 4.69) is 20.4 Å². The average molecular weight is 304 g/mol. The molecule has 7 heteroatoms. The number of thiazole rings is 1. The predicted molar refractivity (Wildman–Crippen MR) is 78.5 cm³/mol. The van der Waals surface area contributed by atoms with Crippen LogP contribution >= 0.6 is 11.3 Å².